The number of ketones is 1. The maximum Gasteiger partial charge on any atom is 0.287 e. The third-order valence-corrected chi connectivity index (χ3v) is 5.23. The number of likely N-dealkylation sites (N-methyl/N-ethyl adjacent to an activating group) is 1. The Morgan fingerprint density at radius 2 is 1.96 bits per heavy atom. The number of aromatic nitrogens is 2. The molecule has 0 aliphatic carbocycles. The molecule has 0 radical (unpaired) electrons. The van der Waals surface area contributed by atoms with Crippen molar-refractivity contribution in [1.82, 2.24) is 9.78 Å². The predicted molar refractivity (Wildman–Crippen MR) is 99.5 cm³/mol. The fourth-order valence-corrected chi connectivity index (χ4v) is 3.43. The number of fused-ring (bicyclic) bond motifs is 1. The summed E-state index contributed by atoms with van der Waals surface area (Å²) in [6.07, 6.45) is 2.82. The molecule has 1 aliphatic rings. The zero-order valence-corrected chi connectivity index (χ0v) is 15.6. The van der Waals surface area contributed by atoms with Crippen LogP contribution in [0.3, 0.4) is 0 Å². The normalized spacial score (nSPS) is 17.0. The summed E-state index contributed by atoms with van der Waals surface area (Å²) in [6, 6.07) is 8.03. The van der Waals surface area contributed by atoms with Crippen LogP contribution in [0.25, 0.3) is 0 Å². The van der Waals surface area contributed by atoms with Gasteiger partial charge in [-0.15, -0.1) is 0 Å². The van der Waals surface area contributed by atoms with E-state index in [2.05, 4.69) is 25.0 Å². The van der Waals surface area contributed by atoms with Crippen molar-refractivity contribution in [1.29, 1.82) is 0 Å². The van der Waals surface area contributed by atoms with Crippen molar-refractivity contribution >= 4 is 34.7 Å². The molecule has 25 heavy (non-hydrogen) atoms. The molecular weight excluding hydrogens is 361 g/mol. The number of anilines is 1. The molecule has 1 aromatic heterocycles. The minimum absolute atomic E-state index is 0.0702. The lowest BCUT2D eigenvalue weighted by molar-refractivity contribution is -0.115. The molecule has 0 saturated carbocycles. The second-order valence-corrected chi connectivity index (χ2v) is 7.25. The highest BCUT2D eigenvalue weighted by Crippen LogP contribution is 2.46. The minimum atomic E-state index is -0.580. The summed E-state index contributed by atoms with van der Waals surface area (Å²) in [6.45, 7) is 3.94. The molecule has 0 bridgehead atoms. The minimum Gasteiger partial charge on any atom is -0.347 e. The fourth-order valence-electron chi connectivity index (χ4n) is 3.16. The van der Waals surface area contributed by atoms with Gasteiger partial charge in [-0.25, -0.2) is 4.68 Å². The quantitative estimate of drug-likeness (QED) is 0.768. The molecule has 0 spiro atoms. The van der Waals surface area contributed by atoms with E-state index in [9.17, 15) is 9.59 Å². The Kier molecular flexibility index (Phi) is 4.47. The van der Waals surface area contributed by atoms with Gasteiger partial charge in [0.05, 0.1) is 11.2 Å². The summed E-state index contributed by atoms with van der Waals surface area (Å²) >= 11 is 11.6. The third-order valence-electron chi connectivity index (χ3n) is 4.49. The lowest BCUT2D eigenvalue weighted by Crippen LogP contribution is -2.28. The van der Waals surface area contributed by atoms with E-state index in [0.717, 1.165) is 21.6 Å². The summed E-state index contributed by atoms with van der Waals surface area (Å²) in [4.78, 5) is 26.6. The molecule has 2 heterocycles. The topological polar surface area (TPSA) is 55.2 Å². The number of allylic oxidation sites excluding steroid dienone is 2. The van der Waals surface area contributed by atoms with Gasteiger partial charge in [0.2, 0.25) is 0 Å². The Balaban J connectivity index is 1.93. The van der Waals surface area contributed by atoms with Crippen LogP contribution in [0, 0.1) is 0 Å². The van der Waals surface area contributed by atoms with Gasteiger partial charge < -0.3 is 4.90 Å². The summed E-state index contributed by atoms with van der Waals surface area (Å²) in [5.41, 5.74) is 2.20. The van der Waals surface area contributed by atoms with Gasteiger partial charge >= 0.3 is 0 Å². The first-order valence-corrected chi connectivity index (χ1v) is 8.48. The van der Waals surface area contributed by atoms with Gasteiger partial charge in [-0.05, 0) is 11.6 Å². The fraction of sp³-hybridized carbons (Fsp3) is 0.278. The van der Waals surface area contributed by atoms with Crippen LogP contribution in [0.5, 0.6) is 0 Å². The number of halogens is 2. The molecule has 1 aliphatic heterocycles. The van der Waals surface area contributed by atoms with E-state index in [0.29, 0.717) is 0 Å². The number of benzene rings is 1. The largest absolute Gasteiger partial charge is 0.347 e. The first-order chi connectivity index (χ1) is 11.7. The highest BCUT2D eigenvalue weighted by molar-refractivity contribution is 6.41. The van der Waals surface area contributed by atoms with E-state index in [1.165, 1.54) is 6.20 Å². The monoisotopic (exact) mass is 377 g/mol. The van der Waals surface area contributed by atoms with Crippen molar-refractivity contribution in [2.24, 2.45) is 0 Å². The van der Waals surface area contributed by atoms with Crippen LogP contribution in [0.4, 0.5) is 5.69 Å². The molecular formula is C18H17Cl2N3O2. The molecule has 5 nitrogen and oxygen atoms in total. The Hall–Kier alpha value is -2.11. The number of para-hydroxylation sites is 1. The third kappa shape index (κ3) is 2.98. The summed E-state index contributed by atoms with van der Waals surface area (Å²) in [7, 11) is 1.93. The predicted octanol–water partition coefficient (Wildman–Crippen LogP) is 3.43. The maximum atomic E-state index is 12.5. The van der Waals surface area contributed by atoms with Gasteiger partial charge in [0.1, 0.15) is 11.6 Å². The second kappa shape index (κ2) is 6.32. The lowest BCUT2D eigenvalue weighted by atomic mass is 9.83. The summed E-state index contributed by atoms with van der Waals surface area (Å²) in [5, 5.41) is 3.81. The van der Waals surface area contributed by atoms with Gasteiger partial charge in [0.15, 0.2) is 5.78 Å². The van der Waals surface area contributed by atoms with Gasteiger partial charge in [-0.2, -0.15) is 5.10 Å². The smallest absolute Gasteiger partial charge is 0.287 e. The van der Waals surface area contributed by atoms with Crippen molar-refractivity contribution in [2.45, 2.75) is 25.8 Å². The molecule has 130 valence electrons. The van der Waals surface area contributed by atoms with Crippen molar-refractivity contribution < 1.29 is 4.79 Å². The van der Waals surface area contributed by atoms with Crippen LogP contribution in [0.1, 0.15) is 19.4 Å². The molecule has 7 heteroatoms. The van der Waals surface area contributed by atoms with E-state index >= 15 is 0 Å². The molecule has 0 unspecified atom stereocenters. The van der Waals surface area contributed by atoms with Crippen LogP contribution in [-0.4, -0.2) is 22.6 Å². The van der Waals surface area contributed by atoms with Gasteiger partial charge in [0, 0.05) is 29.9 Å². The highest BCUT2D eigenvalue weighted by Gasteiger charge is 2.38. The standard InChI is InChI=1S/C18H17Cl2N3O2/c1-18(2)12-6-4-5-7-14(12)22(3)15(18)8-11(24)10-23-17(25)16(20)13(19)9-21-23/h4-9H,10H2,1-3H3/b15-8-. The molecule has 0 saturated heterocycles. The second-order valence-electron chi connectivity index (χ2n) is 6.47. The number of nitrogens with zero attached hydrogens (tertiary/aromatic N) is 3. The van der Waals surface area contributed by atoms with Crippen LogP contribution in [-0.2, 0) is 16.8 Å². The molecule has 0 atom stereocenters. The molecule has 1 aromatic carbocycles. The molecule has 3 rings (SSSR count). The van der Waals surface area contributed by atoms with Crippen molar-refractivity contribution in [3.8, 4) is 0 Å². The van der Waals surface area contributed by atoms with Crippen LogP contribution in [0.15, 0.2) is 47.0 Å². The van der Waals surface area contributed by atoms with Crippen molar-refractivity contribution in [3.63, 3.8) is 0 Å². The number of hydrogen-bond acceptors (Lipinski definition) is 4. The Bertz CT molecular complexity index is 948. The zero-order chi connectivity index (χ0) is 18.4. The van der Waals surface area contributed by atoms with E-state index in [1.54, 1.807) is 6.08 Å². The average molecular weight is 378 g/mol. The van der Waals surface area contributed by atoms with Crippen LogP contribution >= 0.6 is 23.2 Å². The van der Waals surface area contributed by atoms with Crippen LogP contribution < -0.4 is 10.5 Å². The number of rotatable bonds is 3. The number of carbonyl (C=O) groups is 1. The van der Waals surface area contributed by atoms with Crippen molar-refractivity contribution in [2.75, 3.05) is 11.9 Å². The van der Waals surface area contributed by atoms with E-state index < -0.39 is 5.56 Å². The summed E-state index contributed by atoms with van der Waals surface area (Å²) in [5.74, 6) is -0.240. The number of hydrogen-bond donors (Lipinski definition) is 0. The lowest BCUT2D eigenvalue weighted by Gasteiger charge is -2.24. The molecule has 0 N–H and O–H groups in total. The Morgan fingerprint density at radius 1 is 1.28 bits per heavy atom. The molecule has 2 aromatic rings. The molecule has 0 fully saturated rings. The number of carbonyl (C=O) groups excluding carboxylic acids is 1. The van der Waals surface area contributed by atoms with E-state index in [4.69, 9.17) is 23.2 Å². The van der Waals surface area contributed by atoms with Gasteiger partial charge in [-0.1, -0.05) is 55.2 Å². The average Bonchev–Trinajstić information content (AvgIpc) is 2.77. The highest BCUT2D eigenvalue weighted by atomic mass is 35.5. The molecule has 0 amide bonds. The van der Waals surface area contributed by atoms with Gasteiger partial charge in [0.25, 0.3) is 5.56 Å². The van der Waals surface area contributed by atoms with Crippen LogP contribution in [0.2, 0.25) is 10.0 Å². The first-order valence-electron chi connectivity index (χ1n) is 7.73. The Morgan fingerprint density at radius 3 is 2.64 bits per heavy atom. The summed E-state index contributed by atoms with van der Waals surface area (Å²) < 4.78 is 1.02. The zero-order valence-electron chi connectivity index (χ0n) is 14.1. The Labute approximate surface area is 155 Å². The van der Waals surface area contributed by atoms with Gasteiger partial charge in [-0.3, -0.25) is 9.59 Å². The van der Waals surface area contributed by atoms with E-state index in [1.807, 2.05) is 30.1 Å². The first kappa shape index (κ1) is 17.7. The maximum absolute atomic E-state index is 12.5. The van der Waals surface area contributed by atoms with E-state index in [-0.39, 0.29) is 27.8 Å². The van der Waals surface area contributed by atoms with Crippen molar-refractivity contribution in [3.05, 3.63) is 68.2 Å². The SMILES string of the molecule is CN1/C(=C\C(=O)Cn2ncc(Cl)c(Cl)c2=O)C(C)(C)c2ccccc21.